The van der Waals surface area contributed by atoms with Gasteiger partial charge in [0, 0.05) is 25.0 Å². The first-order chi connectivity index (χ1) is 14.3. The molecule has 0 bridgehead atoms. The maximum atomic E-state index is 12.2. The number of carbonyl (C=O) groups is 1. The summed E-state index contributed by atoms with van der Waals surface area (Å²) in [5.74, 6) is 1.14. The van der Waals surface area contributed by atoms with Crippen molar-refractivity contribution in [3.05, 3.63) is 41.3 Å². The first-order valence-electron chi connectivity index (χ1n) is 9.77. The predicted octanol–water partition coefficient (Wildman–Crippen LogP) is 0.551. The number of fused-ring (bicyclic) bond motifs is 1. The number of hydrogen-bond acceptors (Lipinski definition) is 7. The molecule has 9 nitrogen and oxygen atoms in total. The van der Waals surface area contributed by atoms with Gasteiger partial charge in [0.05, 0.1) is 16.2 Å². The number of aromatic amines is 1. The fourth-order valence-corrected chi connectivity index (χ4v) is 4.50. The minimum atomic E-state index is -4.05. The quantitative estimate of drug-likeness (QED) is 0.545. The maximum Gasteiger partial charge on any atom is 1.00 e. The van der Waals surface area contributed by atoms with E-state index in [4.69, 9.17) is 4.98 Å². The number of sulfonamides is 1. The first kappa shape index (κ1) is 23.5. The number of rotatable bonds is 5. The van der Waals surface area contributed by atoms with Gasteiger partial charge in [-0.05, 0) is 49.9 Å². The SMILES string of the molecule is CC(=O)[N-]S(=O)(=O)c1cccc(Nc2nc(N3CCC(C)CC3)c3cc[nH]c3n2)c1.[Na+]. The van der Waals surface area contributed by atoms with Gasteiger partial charge in [0.25, 0.3) is 0 Å². The molecular weight excluding hydrogens is 427 g/mol. The number of aromatic nitrogens is 3. The fourth-order valence-electron chi connectivity index (χ4n) is 3.53. The van der Waals surface area contributed by atoms with E-state index in [0.717, 1.165) is 44.1 Å². The van der Waals surface area contributed by atoms with E-state index in [1.807, 2.05) is 12.3 Å². The van der Waals surface area contributed by atoms with Crippen LogP contribution >= 0.6 is 0 Å². The molecule has 11 heteroatoms. The molecule has 1 amide bonds. The molecule has 1 aliphatic rings. The summed E-state index contributed by atoms with van der Waals surface area (Å²) in [4.78, 5) is 25.7. The summed E-state index contributed by atoms with van der Waals surface area (Å²) in [6, 6.07) is 8.04. The van der Waals surface area contributed by atoms with Gasteiger partial charge in [-0.15, -0.1) is 0 Å². The average molecular weight is 451 g/mol. The number of nitrogens with zero attached hydrogens (tertiary/aromatic N) is 4. The molecule has 3 heterocycles. The van der Waals surface area contributed by atoms with E-state index in [1.165, 1.54) is 12.1 Å². The number of anilines is 3. The number of hydrogen-bond donors (Lipinski definition) is 2. The Kier molecular flexibility index (Phi) is 7.25. The molecule has 0 atom stereocenters. The number of benzene rings is 1. The molecule has 1 aromatic carbocycles. The fraction of sp³-hybridized carbons (Fsp3) is 0.350. The van der Waals surface area contributed by atoms with E-state index in [0.29, 0.717) is 23.2 Å². The van der Waals surface area contributed by atoms with E-state index in [1.54, 1.807) is 12.1 Å². The van der Waals surface area contributed by atoms with Gasteiger partial charge in [-0.1, -0.05) is 13.0 Å². The Labute approximate surface area is 203 Å². The number of carbonyl (C=O) groups excluding carboxylic acids is 1. The smallest absolute Gasteiger partial charge is 0.542 e. The topological polar surface area (TPSA) is 122 Å². The Morgan fingerprint density at radius 1 is 1.23 bits per heavy atom. The van der Waals surface area contributed by atoms with Crippen molar-refractivity contribution in [2.24, 2.45) is 5.92 Å². The van der Waals surface area contributed by atoms with Gasteiger partial charge in [0.2, 0.25) is 5.95 Å². The summed E-state index contributed by atoms with van der Waals surface area (Å²) in [7, 11) is -4.05. The standard InChI is InChI=1S/C20H24N6O3S.Na/c1-13-7-10-26(11-8-13)19-17-6-9-21-18(17)23-20(24-19)22-15-4-3-5-16(12-15)30(28,29)25-14(2)27;/h3-6,9,12-13H,7-8,10-11H2,1-2H3,(H3,21,22,23,24,25,27);/q;+1/p-1. The van der Waals surface area contributed by atoms with Gasteiger partial charge in [0.15, 0.2) is 0 Å². The molecular formula is C20H23N6NaO3S. The summed E-state index contributed by atoms with van der Waals surface area (Å²) in [6.07, 6.45) is 4.05. The van der Waals surface area contributed by atoms with E-state index in [9.17, 15) is 13.2 Å². The van der Waals surface area contributed by atoms with Crippen molar-refractivity contribution in [1.82, 2.24) is 15.0 Å². The average Bonchev–Trinajstić information content (AvgIpc) is 3.16. The van der Waals surface area contributed by atoms with Gasteiger partial charge in [-0.3, -0.25) is 0 Å². The van der Waals surface area contributed by atoms with E-state index < -0.39 is 15.9 Å². The molecule has 1 saturated heterocycles. The predicted molar refractivity (Wildman–Crippen MR) is 115 cm³/mol. The van der Waals surface area contributed by atoms with Crippen molar-refractivity contribution in [3.8, 4) is 0 Å². The summed E-state index contributed by atoms with van der Waals surface area (Å²) in [5.41, 5.74) is 1.19. The molecule has 158 valence electrons. The number of nitrogens with one attached hydrogen (secondary N) is 2. The molecule has 0 radical (unpaired) electrons. The molecule has 0 unspecified atom stereocenters. The van der Waals surface area contributed by atoms with Crippen molar-refractivity contribution in [1.29, 1.82) is 0 Å². The van der Waals surface area contributed by atoms with Crippen LogP contribution in [0.3, 0.4) is 0 Å². The minimum Gasteiger partial charge on any atom is -0.542 e. The van der Waals surface area contributed by atoms with Gasteiger partial charge in [-0.2, -0.15) is 9.97 Å². The maximum absolute atomic E-state index is 12.2. The van der Waals surface area contributed by atoms with Crippen molar-refractivity contribution < 1.29 is 42.8 Å². The third-order valence-electron chi connectivity index (χ3n) is 5.12. The largest absolute Gasteiger partial charge is 1.00 e. The Morgan fingerprint density at radius 2 is 1.97 bits per heavy atom. The van der Waals surface area contributed by atoms with Crippen molar-refractivity contribution in [2.45, 2.75) is 31.6 Å². The summed E-state index contributed by atoms with van der Waals surface area (Å²) >= 11 is 0. The normalized spacial score (nSPS) is 14.8. The third-order valence-corrected chi connectivity index (χ3v) is 6.46. The molecule has 2 aromatic heterocycles. The monoisotopic (exact) mass is 450 g/mol. The zero-order chi connectivity index (χ0) is 21.3. The Hall–Kier alpha value is -2.14. The second-order valence-electron chi connectivity index (χ2n) is 7.52. The third kappa shape index (κ3) is 5.38. The minimum absolute atomic E-state index is 0. The van der Waals surface area contributed by atoms with Crippen LogP contribution in [-0.4, -0.2) is 42.4 Å². The molecule has 0 saturated carbocycles. The summed E-state index contributed by atoms with van der Waals surface area (Å²) in [5, 5.41) is 4.03. The molecule has 2 N–H and O–H groups in total. The summed E-state index contributed by atoms with van der Waals surface area (Å²) in [6.45, 7) is 5.22. The van der Waals surface area contributed by atoms with Crippen molar-refractivity contribution in [2.75, 3.05) is 23.3 Å². The van der Waals surface area contributed by atoms with Crippen LogP contribution in [0.1, 0.15) is 26.7 Å². The van der Waals surface area contributed by atoms with Crippen molar-refractivity contribution in [3.63, 3.8) is 0 Å². The van der Waals surface area contributed by atoms with Crippen LogP contribution in [-0.2, 0) is 14.8 Å². The molecule has 31 heavy (non-hydrogen) atoms. The van der Waals surface area contributed by atoms with E-state index in [2.05, 4.69) is 31.8 Å². The van der Waals surface area contributed by atoms with Crippen LogP contribution in [0.2, 0.25) is 0 Å². The van der Waals surface area contributed by atoms with Crippen LogP contribution in [0.4, 0.5) is 17.5 Å². The Balaban J connectivity index is 0.00000272. The second kappa shape index (κ2) is 9.56. The van der Waals surface area contributed by atoms with Crippen LogP contribution in [0.15, 0.2) is 41.4 Å². The van der Waals surface area contributed by atoms with Gasteiger partial charge >= 0.3 is 29.6 Å². The van der Waals surface area contributed by atoms with Gasteiger partial charge < -0.3 is 24.7 Å². The Morgan fingerprint density at radius 3 is 2.68 bits per heavy atom. The zero-order valence-electron chi connectivity index (χ0n) is 17.8. The molecule has 0 aliphatic carbocycles. The molecule has 4 rings (SSSR count). The van der Waals surface area contributed by atoms with Crippen LogP contribution in [0.5, 0.6) is 0 Å². The van der Waals surface area contributed by atoms with Gasteiger partial charge in [0.1, 0.15) is 21.5 Å². The Bertz CT molecular complexity index is 1190. The van der Waals surface area contributed by atoms with Gasteiger partial charge in [-0.25, -0.2) is 8.42 Å². The first-order valence-corrected chi connectivity index (χ1v) is 11.2. The van der Waals surface area contributed by atoms with Crippen LogP contribution < -0.4 is 39.8 Å². The molecule has 3 aromatic rings. The number of piperidine rings is 1. The second-order valence-corrected chi connectivity index (χ2v) is 9.12. The van der Waals surface area contributed by atoms with E-state index >= 15 is 0 Å². The summed E-state index contributed by atoms with van der Waals surface area (Å²) < 4.78 is 27.6. The van der Waals surface area contributed by atoms with E-state index in [-0.39, 0.29) is 34.5 Å². The van der Waals surface area contributed by atoms with Crippen LogP contribution in [0.25, 0.3) is 15.8 Å². The van der Waals surface area contributed by atoms with Crippen LogP contribution in [0, 0.1) is 5.92 Å². The molecule has 1 fully saturated rings. The number of amides is 1. The van der Waals surface area contributed by atoms with Crippen molar-refractivity contribution >= 4 is 44.4 Å². The zero-order valence-corrected chi connectivity index (χ0v) is 20.6. The molecule has 1 aliphatic heterocycles. The number of H-pyrrole nitrogens is 1. The molecule has 0 spiro atoms.